The highest BCUT2D eigenvalue weighted by Crippen LogP contribution is 2.28. The number of nitrogens with one attached hydrogen (secondary N) is 1. The van der Waals surface area contributed by atoms with E-state index in [2.05, 4.69) is 16.8 Å². The number of benzene rings is 1. The summed E-state index contributed by atoms with van der Waals surface area (Å²) in [6.07, 6.45) is 6.15. The van der Waals surface area contributed by atoms with Crippen LogP contribution in [0.25, 0.3) is 11.4 Å². The third-order valence-electron chi connectivity index (χ3n) is 6.41. The Hall–Kier alpha value is -2.63. The van der Waals surface area contributed by atoms with Gasteiger partial charge < -0.3 is 14.8 Å². The average Bonchev–Trinajstić information content (AvgIpc) is 3.14. The van der Waals surface area contributed by atoms with Gasteiger partial charge in [-0.25, -0.2) is 4.98 Å². The fourth-order valence-corrected chi connectivity index (χ4v) is 4.65. The van der Waals surface area contributed by atoms with Crippen LogP contribution in [0.3, 0.4) is 0 Å². The standard InChI is InChI=1S/C23H30N4O2/c1-16(18-9-5-3-6-10-18)24-23(29)21-20-15-26(17(2)28)13-14-27(20)22(25-21)19-11-7-4-8-12-19/h4,7-8,11-12,16,18H,3,5-6,9-10,13-15H2,1-2H3,(H,24,29). The first-order valence-electron chi connectivity index (χ1n) is 10.8. The van der Waals surface area contributed by atoms with E-state index in [0.29, 0.717) is 31.2 Å². The van der Waals surface area contributed by atoms with Gasteiger partial charge in [0.1, 0.15) is 5.82 Å². The number of fused-ring (bicyclic) bond motifs is 1. The third-order valence-corrected chi connectivity index (χ3v) is 6.41. The maximum Gasteiger partial charge on any atom is 0.272 e. The lowest BCUT2D eigenvalue weighted by Gasteiger charge is -2.29. The summed E-state index contributed by atoms with van der Waals surface area (Å²) in [5.74, 6) is 1.24. The minimum absolute atomic E-state index is 0.0284. The molecule has 6 heteroatoms. The Bertz CT molecular complexity index is 884. The number of rotatable bonds is 4. The molecule has 1 fully saturated rings. The lowest BCUT2D eigenvalue weighted by molar-refractivity contribution is -0.130. The van der Waals surface area contributed by atoms with E-state index in [9.17, 15) is 9.59 Å². The number of hydrogen-bond acceptors (Lipinski definition) is 3. The Morgan fingerprint density at radius 2 is 1.83 bits per heavy atom. The second-order valence-corrected chi connectivity index (χ2v) is 8.35. The molecular weight excluding hydrogens is 364 g/mol. The monoisotopic (exact) mass is 394 g/mol. The maximum atomic E-state index is 13.2. The summed E-state index contributed by atoms with van der Waals surface area (Å²) < 4.78 is 2.11. The second kappa shape index (κ2) is 8.39. The number of carbonyl (C=O) groups is 2. The molecule has 2 aromatic rings. The van der Waals surface area contributed by atoms with Gasteiger partial charge in [0.05, 0.1) is 12.2 Å². The Kier molecular flexibility index (Phi) is 5.69. The lowest BCUT2D eigenvalue weighted by Crippen LogP contribution is -2.41. The van der Waals surface area contributed by atoms with Crippen LogP contribution in [-0.2, 0) is 17.9 Å². The highest BCUT2D eigenvalue weighted by Gasteiger charge is 2.30. The van der Waals surface area contributed by atoms with Crippen molar-refractivity contribution in [2.24, 2.45) is 5.92 Å². The van der Waals surface area contributed by atoms with E-state index in [1.165, 1.54) is 32.1 Å². The zero-order chi connectivity index (χ0) is 20.4. The molecule has 0 spiro atoms. The molecule has 1 aliphatic heterocycles. The van der Waals surface area contributed by atoms with Crippen LogP contribution in [-0.4, -0.2) is 38.9 Å². The van der Waals surface area contributed by atoms with Crippen molar-refractivity contribution >= 4 is 11.8 Å². The highest BCUT2D eigenvalue weighted by molar-refractivity contribution is 5.94. The normalized spacial score (nSPS) is 18.2. The number of hydrogen-bond donors (Lipinski definition) is 1. The zero-order valence-corrected chi connectivity index (χ0v) is 17.4. The number of nitrogens with zero attached hydrogens (tertiary/aromatic N) is 3. The van der Waals surface area contributed by atoms with Crippen LogP contribution in [0.15, 0.2) is 30.3 Å². The van der Waals surface area contributed by atoms with Crippen molar-refractivity contribution in [2.75, 3.05) is 6.54 Å². The van der Waals surface area contributed by atoms with Gasteiger partial charge >= 0.3 is 0 Å². The molecule has 0 radical (unpaired) electrons. The molecule has 1 N–H and O–H groups in total. The predicted molar refractivity (Wildman–Crippen MR) is 112 cm³/mol. The van der Waals surface area contributed by atoms with Crippen molar-refractivity contribution in [3.05, 3.63) is 41.7 Å². The third kappa shape index (κ3) is 4.07. The van der Waals surface area contributed by atoms with Crippen molar-refractivity contribution < 1.29 is 9.59 Å². The molecule has 6 nitrogen and oxygen atoms in total. The molecule has 2 heterocycles. The minimum Gasteiger partial charge on any atom is -0.348 e. The summed E-state index contributed by atoms with van der Waals surface area (Å²) in [5.41, 5.74) is 2.28. The van der Waals surface area contributed by atoms with E-state index in [-0.39, 0.29) is 17.9 Å². The van der Waals surface area contributed by atoms with Gasteiger partial charge in [0.15, 0.2) is 5.69 Å². The summed E-state index contributed by atoms with van der Waals surface area (Å²) in [7, 11) is 0. The first-order valence-corrected chi connectivity index (χ1v) is 10.8. The van der Waals surface area contributed by atoms with Gasteiger partial charge in [0.25, 0.3) is 5.91 Å². The molecule has 0 saturated heterocycles. The van der Waals surface area contributed by atoms with Crippen LogP contribution in [0, 0.1) is 5.92 Å². The number of amides is 2. The van der Waals surface area contributed by atoms with Crippen LogP contribution >= 0.6 is 0 Å². The predicted octanol–water partition coefficient (Wildman–Crippen LogP) is 3.61. The number of aromatic nitrogens is 2. The molecule has 1 aromatic carbocycles. The molecule has 1 atom stereocenters. The quantitative estimate of drug-likeness (QED) is 0.861. The van der Waals surface area contributed by atoms with Gasteiger partial charge in [-0.05, 0) is 25.7 Å². The van der Waals surface area contributed by atoms with E-state index in [1.807, 2.05) is 30.3 Å². The van der Waals surface area contributed by atoms with Gasteiger partial charge in [-0.2, -0.15) is 0 Å². The molecule has 0 bridgehead atoms. The van der Waals surface area contributed by atoms with Crippen LogP contribution in [0.5, 0.6) is 0 Å². The highest BCUT2D eigenvalue weighted by atomic mass is 16.2. The number of carbonyl (C=O) groups excluding carboxylic acids is 2. The summed E-state index contributed by atoms with van der Waals surface area (Å²) in [4.78, 5) is 31.7. The Morgan fingerprint density at radius 1 is 1.10 bits per heavy atom. The molecule has 1 saturated carbocycles. The smallest absolute Gasteiger partial charge is 0.272 e. The fraction of sp³-hybridized carbons (Fsp3) is 0.522. The summed E-state index contributed by atoms with van der Waals surface area (Å²) >= 11 is 0. The Balaban J connectivity index is 1.64. The van der Waals surface area contributed by atoms with Gasteiger partial charge in [-0.3, -0.25) is 9.59 Å². The van der Waals surface area contributed by atoms with Gasteiger partial charge in [0, 0.05) is 31.6 Å². The summed E-state index contributed by atoms with van der Waals surface area (Å²) in [6.45, 7) is 5.40. The maximum absolute atomic E-state index is 13.2. The van der Waals surface area contributed by atoms with Crippen molar-refractivity contribution in [1.29, 1.82) is 0 Å². The lowest BCUT2D eigenvalue weighted by atomic mass is 9.84. The SMILES string of the molecule is CC(=O)N1CCn2c(-c3ccccc3)nc(C(=O)NC(C)C3CCCCC3)c2C1. The average molecular weight is 395 g/mol. The van der Waals surface area contributed by atoms with Crippen LogP contribution < -0.4 is 5.32 Å². The summed E-state index contributed by atoms with van der Waals surface area (Å²) in [6, 6.07) is 10.1. The van der Waals surface area contributed by atoms with Gasteiger partial charge in [-0.1, -0.05) is 49.6 Å². The van der Waals surface area contributed by atoms with Crippen molar-refractivity contribution in [3.63, 3.8) is 0 Å². The summed E-state index contributed by atoms with van der Waals surface area (Å²) in [5, 5.41) is 3.21. The van der Waals surface area contributed by atoms with Gasteiger partial charge in [-0.15, -0.1) is 0 Å². The van der Waals surface area contributed by atoms with E-state index in [1.54, 1.807) is 11.8 Å². The zero-order valence-electron chi connectivity index (χ0n) is 17.4. The van der Waals surface area contributed by atoms with E-state index in [4.69, 9.17) is 4.98 Å². The molecule has 1 aliphatic carbocycles. The fourth-order valence-electron chi connectivity index (χ4n) is 4.65. The van der Waals surface area contributed by atoms with Crippen LogP contribution in [0.1, 0.15) is 62.1 Å². The minimum atomic E-state index is -0.126. The molecule has 2 aliphatic rings. The molecule has 2 amide bonds. The van der Waals surface area contributed by atoms with Crippen LogP contribution in [0.4, 0.5) is 0 Å². The Labute approximate surface area is 172 Å². The molecule has 1 aromatic heterocycles. The first kappa shape index (κ1) is 19.7. The van der Waals surface area contributed by atoms with Crippen molar-refractivity contribution in [3.8, 4) is 11.4 Å². The second-order valence-electron chi connectivity index (χ2n) is 8.35. The molecule has 4 rings (SSSR count). The molecule has 29 heavy (non-hydrogen) atoms. The van der Waals surface area contributed by atoms with Crippen molar-refractivity contribution in [1.82, 2.24) is 19.8 Å². The topological polar surface area (TPSA) is 67.2 Å². The first-order chi connectivity index (χ1) is 14.0. The largest absolute Gasteiger partial charge is 0.348 e. The Morgan fingerprint density at radius 3 is 2.52 bits per heavy atom. The van der Waals surface area contributed by atoms with Gasteiger partial charge in [0.2, 0.25) is 5.91 Å². The van der Waals surface area contributed by atoms with E-state index in [0.717, 1.165) is 17.1 Å². The molecule has 1 unspecified atom stereocenters. The van der Waals surface area contributed by atoms with E-state index < -0.39 is 0 Å². The number of imidazole rings is 1. The van der Waals surface area contributed by atoms with Crippen LogP contribution in [0.2, 0.25) is 0 Å². The molecular formula is C23H30N4O2. The molecule has 154 valence electrons. The van der Waals surface area contributed by atoms with Crippen molar-refractivity contribution in [2.45, 2.75) is 65.1 Å². The van der Waals surface area contributed by atoms with E-state index >= 15 is 0 Å².